The molecule has 4 nitrogen and oxygen atoms in total. The maximum atomic E-state index is 16.6. The molecule has 0 amide bonds. The SMILES string of the molecule is O=C=NC1(C(F)(C2(N=C=O)CC(F)C(F)C(F)C2F)C(F)(F)C(F)(F)F)CC(F)C(F)C(F)C1F. The van der Waals surface area contributed by atoms with Crippen LogP contribution in [0.5, 0.6) is 0 Å². The van der Waals surface area contributed by atoms with Crippen molar-refractivity contribution in [2.75, 3.05) is 0 Å². The topological polar surface area (TPSA) is 58.9 Å². The normalized spacial score (nSPS) is 44.5. The minimum absolute atomic E-state index is 0.0526. The number of carbonyl (C=O) groups excluding carboxylic acids is 2. The summed E-state index contributed by atoms with van der Waals surface area (Å²) in [5.74, 6) is -7.39. The Morgan fingerprint density at radius 1 is 0.600 bits per heavy atom. The van der Waals surface area contributed by atoms with Crippen LogP contribution in [0.15, 0.2) is 9.98 Å². The monoisotopic (exact) mass is 542 g/mol. The average molecular weight is 542 g/mol. The summed E-state index contributed by atoms with van der Waals surface area (Å²) in [6.07, 6.45) is -44.8. The number of aliphatic imine (C=N–C) groups is 2. The molecule has 2 aliphatic carbocycles. The summed E-state index contributed by atoms with van der Waals surface area (Å²) in [5.41, 5.74) is -17.0. The maximum absolute atomic E-state index is 16.6. The third-order valence-electron chi connectivity index (χ3n) is 6.26. The highest BCUT2D eigenvalue weighted by Gasteiger charge is 2.90. The van der Waals surface area contributed by atoms with E-state index in [4.69, 9.17) is 0 Å². The van der Waals surface area contributed by atoms with Gasteiger partial charge in [-0.2, -0.15) is 31.9 Å². The molecule has 10 unspecified atom stereocenters. The molecule has 0 spiro atoms. The van der Waals surface area contributed by atoms with Crippen molar-refractivity contribution in [1.29, 1.82) is 0 Å². The maximum Gasteiger partial charge on any atom is 0.456 e. The van der Waals surface area contributed by atoms with Crippen LogP contribution in [0, 0.1) is 0 Å². The van der Waals surface area contributed by atoms with Gasteiger partial charge in [-0.25, -0.2) is 49.1 Å². The Hall–Kier alpha value is -2.22. The fraction of sp³-hybridized carbons (Fsp3) is 0.882. The molecule has 0 aromatic rings. The summed E-state index contributed by atoms with van der Waals surface area (Å²) in [6, 6.07) is 0. The van der Waals surface area contributed by atoms with E-state index in [-0.39, 0.29) is 12.2 Å². The summed E-state index contributed by atoms with van der Waals surface area (Å²) in [6.45, 7) is 0. The van der Waals surface area contributed by atoms with Gasteiger partial charge >= 0.3 is 12.1 Å². The van der Waals surface area contributed by atoms with E-state index in [9.17, 15) is 66.7 Å². The summed E-state index contributed by atoms with van der Waals surface area (Å²) in [5, 5.41) is 0. The molecule has 2 saturated carbocycles. The first-order valence-corrected chi connectivity index (χ1v) is 9.28. The number of rotatable bonds is 5. The van der Waals surface area contributed by atoms with Gasteiger partial charge in [-0.15, -0.1) is 0 Å². The number of isocyanates is 2. The van der Waals surface area contributed by atoms with Gasteiger partial charge in [0.05, 0.1) is 0 Å². The van der Waals surface area contributed by atoms with E-state index in [1.54, 1.807) is 0 Å². The average Bonchev–Trinajstić information content (AvgIpc) is 2.76. The van der Waals surface area contributed by atoms with Gasteiger partial charge in [0.2, 0.25) is 17.8 Å². The molecule has 2 rings (SSSR count). The van der Waals surface area contributed by atoms with Crippen molar-refractivity contribution < 1.29 is 71.1 Å². The Bertz CT molecular complexity index is 850. The Morgan fingerprint density at radius 3 is 1.17 bits per heavy atom. The van der Waals surface area contributed by atoms with Crippen molar-refractivity contribution in [2.24, 2.45) is 9.98 Å². The predicted molar refractivity (Wildman–Crippen MR) is 84.9 cm³/mol. The number of hydrogen-bond acceptors (Lipinski definition) is 4. The van der Waals surface area contributed by atoms with Crippen LogP contribution in [-0.2, 0) is 9.59 Å². The summed E-state index contributed by atoms with van der Waals surface area (Å²) >= 11 is 0. The van der Waals surface area contributed by atoms with Crippen LogP contribution in [0.1, 0.15) is 12.8 Å². The molecular weight excluding hydrogens is 530 g/mol. The van der Waals surface area contributed by atoms with Crippen molar-refractivity contribution in [3.63, 3.8) is 0 Å². The van der Waals surface area contributed by atoms with Crippen molar-refractivity contribution in [3.05, 3.63) is 0 Å². The molecule has 0 N–H and O–H groups in total. The molecule has 0 aromatic carbocycles. The van der Waals surface area contributed by atoms with Crippen LogP contribution >= 0.6 is 0 Å². The van der Waals surface area contributed by atoms with E-state index in [0.29, 0.717) is 0 Å². The van der Waals surface area contributed by atoms with Gasteiger partial charge in [-0.3, -0.25) is 0 Å². The molecule has 0 aromatic heterocycles. The van der Waals surface area contributed by atoms with Crippen LogP contribution in [0.25, 0.3) is 0 Å². The summed E-state index contributed by atoms with van der Waals surface area (Å²) < 4.78 is 200. The van der Waals surface area contributed by atoms with Crippen molar-refractivity contribution in [2.45, 2.75) is 91.1 Å². The van der Waals surface area contributed by atoms with E-state index >= 15 is 4.39 Å². The Balaban J connectivity index is 3.16. The van der Waals surface area contributed by atoms with Gasteiger partial charge in [0.1, 0.15) is 12.3 Å². The third kappa shape index (κ3) is 3.66. The largest absolute Gasteiger partial charge is 0.456 e. The predicted octanol–water partition coefficient (Wildman–Crippen LogP) is 4.55. The minimum atomic E-state index is -7.39. The van der Waals surface area contributed by atoms with E-state index in [1.807, 2.05) is 9.98 Å². The van der Waals surface area contributed by atoms with Crippen molar-refractivity contribution in [3.8, 4) is 0 Å². The van der Waals surface area contributed by atoms with Gasteiger partial charge < -0.3 is 0 Å². The van der Waals surface area contributed by atoms with Gasteiger partial charge in [0.15, 0.2) is 48.1 Å². The lowest BCUT2D eigenvalue weighted by atomic mass is 9.54. The zero-order valence-electron chi connectivity index (χ0n) is 16.5. The van der Waals surface area contributed by atoms with E-state index in [2.05, 4.69) is 0 Å². The van der Waals surface area contributed by atoms with E-state index in [0.717, 1.165) is 0 Å². The molecule has 0 radical (unpaired) electrons. The quantitative estimate of drug-likeness (QED) is 0.291. The number of alkyl halides is 14. The Morgan fingerprint density at radius 2 is 0.914 bits per heavy atom. The van der Waals surface area contributed by atoms with Gasteiger partial charge in [0.25, 0.3) is 0 Å². The molecule has 0 bridgehead atoms. The second-order valence-corrected chi connectivity index (χ2v) is 8.01. The van der Waals surface area contributed by atoms with Crippen LogP contribution in [0.2, 0.25) is 0 Å². The van der Waals surface area contributed by atoms with Crippen LogP contribution in [-0.4, -0.2) is 90.4 Å². The fourth-order valence-corrected chi connectivity index (χ4v) is 4.60. The molecule has 2 aliphatic rings. The van der Waals surface area contributed by atoms with Crippen LogP contribution in [0.3, 0.4) is 0 Å². The Labute approximate surface area is 185 Å². The minimum Gasteiger partial charge on any atom is -0.244 e. The molecule has 2 fully saturated rings. The fourth-order valence-electron chi connectivity index (χ4n) is 4.60. The Kier molecular flexibility index (Phi) is 7.48. The van der Waals surface area contributed by atoms with Crippen molar-refractivity contribution >= 4 is 12.2 Å². The summed E-state index contributed by atoms with van der Waals surface area (Å²) in [7, 11) is 0. The standard InChI is InChI=1S/C17H12F14N2O2/c18-5-1-13(32-3-34,11(24)9(22)7(5)20)15(26,16(27,28)17(29,30)31)14(33-4-35)2-6(19)8(21)10(23)12(14)25/h5-12H,1-2H2. The summed E-state index contributed by atoms with van der Waals surface area (Å²) in [4.78, 5) is 25.7. The first-order valence-electron chi connectivity index (χ1n) is 9.28. The highest BCUT2D eigenvalue weighted by molar-refractivity contribution is 5.45. The zero-order valence-corrected chi connectivity index (χ0v) is 16.5. The molecule has 0 heterocycles. The third-order valence-corrected chi connectivity index (χ3v) is 6.26. The zero-order chi connectivity index (χ0) is 27.4. The molecule has 200 valence electrons. The van der Waals surface area contributed by atoms with Crippen molar-refractivity contribution in [1.82, 2.24) is 0 Å². The highest BCUT2D eigenvalue weighted by Crippen LogP contribution is 2.65. The van der Waals surface area contributed by atoms with Crippen LogP contribution in [0.4, 0.5) is 61.5 Å². The first kappa shape index (κ1) is 29.0. The lowest BCUT2D eigenvalue weighted by Gasteiger charge is -2.58. The lowest BCUT2D eigenvalue weighted by Crippen LogP contribution is -2.83. The molecular formula is C17H12F14N2O2. The van der Waals surface area contributed by atoms with E-state index in [1.165, 1.54) is 0 Å². The van der Waals surface area contributed by atoms with Gasteiger partial charge in [0, 0.05) is 12.8 Å². The second kappa shape index (κ2) is 9.02. The lowest BCUT2D eigenvalue weighted by molar-refractivity contribution is -0.364. The molecule has 0 saturated heterocycles. The second-order valence-electron chi connectivity index (χ2n) is 8.01. The molecule has 0 aliphatic heterocycles. The molecule has 10 atom stereocenters. The van der Waals surface area contributed by atoms with E-state index < -0.39 is 91.1 Å². The van der Waals surface area contributed by atoms with Crippen LogP contribution < -0.4 is 0 Å². The first-order chi connectivity index (χ1) is 15.8. The molecule has 18 heteroatoms. The number of halogens is 14. The smallest absolute Gasteiger partial charge is 0.244 e. The van der Waals surface area contributed by atoms with Gasteiger partial charge in [-0.05, 0) is 0 Å². The number of nitrogens with zero attached hydrogens (tertiary/aromatic N) is 2. The number of hydrogen-bond donors (Lipinski definition) is 0. The highest BCUT2D eigenvalue weighted by atomic mass is 19.4. The van der Waals surface area contributed by atoms with Gasteiger partial charge in [-0.1, -0.05) is 0 Å². The molecule has 35 heavy (non-hydrogen) atoms.